The summed E-state index contributed by atoms with van der Waals surface area (Å²) in [5.74, 6) is 0. The molecule has 1 fully saturated rings. The van der Waals surface area contributed by atoms with Gasteiger partial charge in [-0.05, 0) is 37.9 Å². The van der Waals surface area contributed by atoms with Crippen molar-refractivity contribution >= 4 is 31.5 Å². The summed E-state index contributed by atoms with van der Waals surface area (Å²) in [5.41, 5.74) is 0.756. The molecule has 1 aliphatic rings. The Morgan fingerprint density at radius 1 is 1.23 bits per heavy atom. The maximum absolute atomic E-state index is 6.77. The van der Waals surface area contributed by atoms with Gasteiger partial charge in [-0.15, -0.1) is 0 Å². The summed E-state index contributed by atoms with van der Waals surface area (Å²) in [6, 6.07) is 3.24. The van der Waals surface area contributed by atoms with E-state index >= 15 is 0 Å². The van der Waals surface area contributed by atoms with Crippen molar-refractivity contribution in [3.8, 4) is 0 Å². The Morgan fingerprint density at radius 3 is 2.35 bits per heavy atom. The Hall–Kier alpha value is -0.173. The first-order chi connectivity index (χ1) is 12.4. The molecular formula is C19H32Cl2N2O2Si. The first-order valence-electron chi connectivity index (χ1n) is 9.70. The van der Waals surface area contributed by atoms with E-state index in [0.29, 0.717) is 16.6 Å². The Bertz CT molecular complexity index is 550. The van der Waals surface area contributed by atoms with Crippen molar-refractivity contribution in [2.24, 2.45) is 0 Å². The first-order valence-corrected chi connectivity index (χ1v) is 13.0. The van der Waals surface area contributed by atoms with E-state index in [-0.39, 0.29) is 11.7 Å². The molecule has 1 aliphatic heterocycles. The molecular weight excluding hydrogens is 387 g/mol. The third kappa shape index (κ3) is 5.43. The zero-order chi connectivity index (χ0) is 19.2. The van der Waals surface area contributed by atoms with Crippen LogP contribution in [0, 0.1) is 0 Å². The van der Waals surface area contributed by atoms with Gasteiger partial charge >= 0.3 is 0 Å². The molecule has 1 saturated heterocycles. The van der Waals surface area contributed by atoms with Gasteiger partial charge in [-0.1, -0.05) is 44.0 Å². The minimum Gasteiger partial charge on any atom is -0.409 e. The van der Waals surface area contributed by atoms with E-state index in [2.05, 4.69) is 38.0 Å². The number of aromatic nitrogens is 1. The molecule has 7 heteroatoms. The molecule has 0 saturated carbocycles. The lowest BCUT2D eigenvalue weighted by atomic mass is 10.0. The van der Waals surface area contributed by atoms with E-state index in [9.17, 15) is 0 Å². The second-order valence-corrected chi connectivity index (χ2v) is 12.9. The highest BCUT2D eigenvalue weighted by Crippen LogP contribution is 2.36. The fourth-order valence-electron chi connectivity index (χ4n) is 3.68. The lowest BCUT2D eigenvalue weighted by molar-refractivity contribution is 0.0188. The van der Waals surface area contributed by atoms with E-state index in [1.54, 1.807) is 12.4 Å². The number of halogens is 2. The van der Waals surface area contributed by atoms with Crippen molar-refractivity contribution in [1.82, 2.24) is 10.3 Å². The maximum atomic E-state index is 6.77. The average Bonchev–Trinajstić information content (AvgIpc) is 3.06. The SMILES string of the molecule is CC[Si](CC)(CC)OC(CNC[C@@]1(C)CCCO1)c1c(Cl)cncc1Cl. The lowest BCUT2D eigenvalue weighted by Gasteiger charge is -2.35. The van der Waals surface area contributed by atoms with E-state index in [1.165, 1.54) is 0 Å². The predicted molar refractivity (Wildman–Crippen MR) is 112 cm³/mol. The normalized spacial score (nSPS) is 21.9. The summed E-state index contributed by atoms with van der Waals surface area (Å²) in [6.45, 7) is 11.2. The van der Waals surface area contributed by atoms with Crippen LogP contribution in [0.2, 0.25) is 28.2 Å². The number of pyridine rings is 1. The molecule has 2 atom stereocenters. The molecule has 1 unspecified atom stereocenters. The lowest BCUT2D eigenvalue weighted by Crippen LogP contribution is -2.43. The maximum Gasteiger partial charge on any atom is 0.192 e. The summed E-state index contributed by atoms with van der Waals surface area (Å²) in [4.78, 5) is 4.09. The number of hydrogen-bond donors (Lipinski definition) is 1. The monoisotopic (exact) mass is 418 g/mol. The molecule has 1 N–H and O–H groups in total. The van der Waals surface area contributed by atoms with Gasteiger partial charge in [0.2, 0.25) is 0 Å². The van der Waals surface area contributed by atoms with Crippen LogP contribution in [0.25, 0.3) is 0 Å². The molecule has 2 heterocycles. The number of nitrogens with zero attached hydrogens (tertiary/aromatic N) is 1. The zero-order valence-corrected chi connectivity index (χ0v) is 18.9. The molecule has 4 nitrogen and oxygen atoms in total. The summed E-state index contributed by atoms with van der Waals surface area (Å²) in [6.07, 6.45) is 5.33. The highest BCUT2D eigenvalue weighted by atomic mass is 35.5. The van der Waals surface area contributed by atoms with E-state index < -0.39 is 8.32 Å². The molecule has 1 aromatic heterocycles. The van der Waals surface area contributed by atoms with Gasteiger partial charge in [-0.25, -0.2) is 0 Å². The second-order valence-electron chi connectivity index (χ2n) is 7.40. The van der Waals surface area contributed by atoms with Crippen LogP contribution in [-0.4, -0.2) is 38.6 Å². The average molecular weight is 419 g/mol. The van der Waals surface area contributed by atoms with Crippen LogP contribution >= 0.6 is 23.2 Å². The van der Waals surface area contributed by atoms with Crippen LogP contribution in [0.3, 0.4) is 0 Å². The fourth-order valence-corrected chi connectivity index (χ4v) is 7.09. The molecule has 0 radical (unpaired) electrons. The molecule has 0 spiro atoms. The smallest absolute Gasteiger partial charge is 0.192 e. The molecule has 0 bridgehead atoms. The Kier molecular flexibility index (Phi) is 8.38. The Labute approximate surface area is 169 Å². The van der Waals surface area contributed by atoms with Crippen molar-refractivity contribution in [3.63, 3.8) is 0 Å². The van der Waals surface area contributed by atoms with E-state index in [0.717, 1.165) is 49.7 Å². The third-order valence-corrected chi connectivity index (χ3v) is 10.9. The Morgan fingerprint density at radius 2 is 1.85 bits per heavy atom. The second kappa shape index (κ2) is 9.85. The topological polar surface area (TPSA) is 43.4 Å². The summed E-state index contributed by atoms with van der Waals surface area (Å²) in [5, 5.41) is 4.69. The van der Waals surface area contributed by atoms with Gasteiger partial charge in [-0.2, -0.15) is 0 Å². The molecule has 26 heavy (non-hydrogen) atoms. The minimum absolute atomic E-state index is 0.0921. The van der Waals surface area contributed by atoms with Crippen molar-refractivity contribution in [2.75, 3.05) is 19.7 Å². The highest BCUT2D eigenvalue weighted by Gasteiger charge is 2.35. The van der Waals surface area contributed by atoms with Gasteiger partial charge in [0.15, 0.2) is 8.32 Å². The molecule has 0 aliphatic carbocycles. The largest absolute Gasteiger partial charge is 0.409 e. The Balaban J connectivity index is 2.18. The van der Waals surface area contributed by atoms with Crippen molar-refractivity contribution in [3.05, 3.63) is 28.0 Å². The summed E-state index contributed by atoms with van der Waals surface area (Å²) in [7, 11) is -1.82. The van der Waals surface area contributed by atoms with Crippen LogP contribution in [0.4, 0.5) is 0 Å². The van der Waals surface area contributed by atoms with Gasteiger partial charge in [0.1, 0.15) is 0 Å². The van der Waals surface area contributed by atoms with Crippen molar-refractivity contribution in [1.29, 1.82) is 0 Å². The van der Waals surface area contributed by atoms with Gasteiger partial charge in [0, 0.05) is 37.7 Å². The summed E-state index contributed by atoms with van der Waals surface area (Å²) < 4.78 is 12.7. The summed E-state index contributed by atoms with van der Waals surface area (Å²) >= 11 is 12.9. The first kappa shape index (κ1) is 22.1. The molecule has 2 rings (SSSR count). The van der Waals surface area contributed by atoms with Gasteiger partial charge in [-0.3, -0.25) is 4.98 Å². The molecule has 148 valence electrons. The van der Waals surface area contributed by atoms with Gasteiger partial charge < -0.3 is 14.5 Å². The van der Waals surface area contributed by atoms with Crippen LogP contribution in [0.1, 0.15) is 52.2 Å². The van der Waals surface area contributed by atoms with E-state index in [4.69, 9.17) is 32.4 Å². The number of rotatable bonds is 10. The highest BCUT2D eigenvalue weighted by molar-refractivity contribution is 6.73. The van der Waals surface area contributed by atoms with Crippen LogP contribution < -0.4 is 5.32 Å². The molecule has 1 aromatic rings. The van der Waals surface area contributed by atoms with Crippen LogP contribution in [0.5, 0.6) is 0 Å². The fraction of sp³-hybridized carbons (Fsp3) is 0.737. The number of ether oxygens (including phenoxy) is 1. The zero-order valence-electron chi connectivity index (χ0n) is 16.4. The number of hydrogen-bond acceptors (Lipinski definition) is 4. The van der Waals surface area contributed by atoms with Crippen molar-refractivity contribution < 1.29 is 9.16 Å². The quantitative estimate of drug-likeness (QED) is 0.501. The molecule has 0 aromatic carbocycles. The molecule has 0 amide bonds. The predicted octanol–water partition coefficient (Wildman–Crippen LogP) is 5.61. The third-order valence-electron chi connectivity index (χ3n) is 5.67. The minimum atomic E-state index is -1.82. The van der Waals surface area contributed by atoms with Crippen LogP contribution in [-0.2, 0) is 9.16 Å². The van der Waals surface area contributed by atoms with E-state index in [1.807, 2.05) is 0 Å². The van der Waals surface area contributed by atoms with Gasteiger partial charge in [0.25, 0.3) is 0 Å². The number of nitrogens with one attached hydrogen (secondary N) is 1. The van der Waals surface area contributed by atoms with Crippen LogP contribution in [0.15, 0.2) is 12.4 Å². The van der Waals surface area contributed by atoms with Gasteiger partial charge in [0.05, 0.1) is 21.8 Å². The van der Waals surface area contributed by atoms with Crippen molar-refractivity contribution in [2.45, 2.75) is 70.4 Å². The standard InChI is InChI=1S/C19H32Cl2N2O2Si/c1-5-26(6-2,7-3)25-17(18-15(20)11-22-12-16(18)21)13-23-14-19(4)9-8-10-24-19/h11-12,17,23H,5-10,13-14H2,1-4H3/t17?,19-/m1/s1.